The number of methoxy groups -OCH3 is 1. The zero-order valence-electron chi connectivity index (χ0n) is 19.0. The van der Waals surface area contributed by atoms with E-state index in [0.717, 1.165) is 44.6 Å². The lowest BCUT2D eigenvalue weighted by molar-refractivity contribution is -0.134. The fraction of sp³-hybridized carbons (Fsp3) is 0.583. The highest BCUT2D eigenvalue weighted by atomic mass is 16.5. The topological polar surface area (TPSA) is 62.3 Å². The smallest absolute Gasteiger partial charge is 0.246 e. The van der Waals surface area contributed by atoms with Crippen LogP contribution in [-0.2, 0) is 9.59 Å². The van der Waals surface area contributed by atoms with E-state index in [1.807, 2.05) is 41.8 Å². The predicted molar refractivity (Wildman–Crippen MR) is 121 cm³/mol. The van der Waals surface area contributed by atoms with Gasteiger partial charge in [-0.2, -0.15) is 0 Å². The molecule has 2 aliphatic heterocycles. The summed E-state index contributed by atoms with van der Waals surface area (Å²) in [5.41, 5.74) is 0.882. The average molecular weight is 430 g/mol. The Hall–Kier alpha value is -2.54. The number of likely N-dealkylation sites (tertiary alicyclic amines) is 1. The molecule has 2 fully saturated rings. The Morgan fingerprint density at radius 3 is 2.32 bits per heavy atom. The molecule has 170 valence electrons. The number of carbonyl (C=O) groups excluding carboxylic acids is 2. The summed E-state index contributed by atoms with van der Waals surface area (Å²) in [6.07, 6.45) is 6.91. The predicted octanol–water partition coefficient (Wildman–Crippen LogP) is 2.65. The van der Waals surface area contributed by atoms with E-state index in [4.69, 9.17) is 9.47 Å². The van der Waals surface area contributed by atoms with Crippen LogP contribution in [0.25, 0.3) is 6.08 Å². The Balaban J connectivity index is 1.48. The Morgan fingerprint density at radius 1 is 0.968 bits per heavy atom. The highest BCUT2D eigenvalue weighted by Gasteiger charge is 2.24. The molecule has 0 N–H and O–H groups in total. The number of carbonyl (C=O) groups is 2. The first kappa shape index (κ1) is 23.1. The third kappa shape index (κ3) is 6.72. The molecule has 1 aromatic rings. The summed E-state index contributed by atoms with van der Waals surface area (Å²) in [5.74, 6) is 1.55. The maximum Gasteiger partial charge on any atom is 0.246 e. The molecule has 2 amide bonds. The number of piperidine rings is 1. The number of benzene rings is 1. The fourth-order valence-electron chi connectivity index (χ4n) is 3.97. The molecule has 0 aliphatic carbocycles. The second-order valence-electron chi connectivity index (χ2n) is 8.45. The van der Waals surface area contributed by atoms with Crippen LogP contribution in [0.3, 0.4) is 0 Å². The van der Waals surface area contributed by atoms with Gasteiger partial charge < -0.3 is 19.3 Å². The van der Waals surface area contributed by atoms with Gasteiger partial charge in [0.05, 0.1) is 19.8 Å². The molecule has 7 nitrogen and oxygen atoms in total. The molecule has 0 spiro atoms. The maximum atomic E-state index is 12.6. The Morgan fingerprint density at radius 2 is 1.68 bits per heavy atom. The normalized spacial score (nSPS) is 17.9. The van der Waals surface area contributed by atoms with Crippen LogP contribution >= 0.6 is 0 Å². The van der Waals surface area contributed by atoms with Gasteiger partial charge in [0.2, 0.25) is 11.8 Å². The minimum atomic E-state index is -0.0107. The molecular weight excluding hydrogens is 394 g/mol. The van der Waals surface area contributed by atoms with Crippen molar-refractivity contribution in [3.05, 3.63) is 29.8 Å². The summed E-state index contributed by atoms with van der Waals surface area (Å²) in [6.45, 7) is 8.91. The van der Waals surface area contributed by atoms with Gasteiger partial charge in [0, 0.05) is 45.3 Å². The van der Waals surface area contributed by atoms with Crippen LogP contribution in [0.5, 0.6) is 11.5 Å². The highest BCUT2D eigenvalue weighted by Crippen LogP contribution is 2.29. The van der Waals surface area contributed by atoms with Crippen molar-refractivity contribution in [2.24, 2.45) is 0 Å². The number of hydrogen-bond acceptors (Lipinski definition) is 5. The van der Waals surface area contributed by atoms with Crippen molar-refractivity contribution >= 4 is 17.9 Å². The summed E-state index contributed by atoms with van der Waals surface area (Å²) < 4.78 is 11.1. The van der Waals surface area contributed by atoms with Gasteiger partial charge in [-0.3, -0.25) is 14.5 Å². The Kier molecular flexibility index (Phi) is 8.35. The SMILES string of the molecule is COc1cc(/C=C/C(=O)N2CCN(CC(=O)N3CCCCC3)CC2)ccc1OC(C)C. The number of nitrogens with zero attached hydrogens (tertiary/aromatic N) is 3. The van der Waals surface area contributed by atoms with Crippen molar-refractivity contribution < 1.29 is 19.1 Å². The van der Waals surface area contributed by atoms with Crippen molar-refractivity contribution in [1.82, 2.24) is 14.7 Å². The van der Waals surface area contributed by atoms with Crippen molar-refractivity contribution in [3.8, 4) is 11.5 Å². The van der Waals surface area contributed by atoms with Gasteiger partial charge in [0.15, 0.2) is 11.5 Å². The fourth-order valence-corrected chi connectivity index (χ4v) is 3.97. The van der Waals surface area contributed by atoms with E-state index in [2.05, 4.69) is 4.90 Å². The summed E-state index contributed by atoms with van der Waals surface area (Å²) in [5, 5.41) is 0. The van der Waals surface area contributed by atoms with E-state index in [-0.39, 0.29) is 17.9 Å². The van der Waals surface area contributed by atoms with Gasteiger partial charge in [0.1, 0.15) is 0 Å². The molecule has 0 bridgehead atoms. The van der Waals surface area contributed by atoms with E-state index in [1.165, 1.54) is 6.42 Å². The molecule has 31 heavy (non-hydrogen) atoms. The van der Waals surface area contributed by atoms with Gasteiger partial charge in [-0.1, -0.05) is 6.07 Å². The van der Waals surface area contributed by atoms with Gasteiger partial charge in [0.25, 0.3) is 0 Å². The van der Waals surface area contributed by atoms with Gasteiger partial charge in [-0.05, 0) is 56.9 Å². The number of amides is 2. The largest absolute Gasteiger partial charge is 0.493 e. The first-order valence-corrected chi connectivity index (χ1v) is 11.3. The second kappa shape index (κ2) is 11.2. The van der Waals surface area contributed by atoms with E-state index in [9.17, 15) is 9.59 Å². The Labute approximate surface area is 185 Å². The first-order chi connectivity index (χ1) is 15.0. The summed E-state index contributed by atoms with van der Waals surface area (Å²) in [6, 6.07) is 5.64. The Bertz CT molecular complexity index is 779. The second-order valence-corrected chi connectivity index (χ2v) is 8.45. The number of rotatable bonds is 7. The number of piperazine rings is 1. The van der Waals surface area contributed by atoms with Crippen LogP contribution in [0.2, 0.25) is 0 Å². The van der Waals surface area contributed by atoms with E-state index in [1.54, 1.807) is 19.3 Å². The lowest BCUT2D eigenvalue weighted by Gasteiger charge is -2.35. The maximum absolute atomic E-state index is 12.6. The van der Waals surface area contributed by atoms with Crippen LogP contribution in [0.15, 0.2) is 24.3 Å². The minimum Gasteiger partial charge on any atom is -0.493 e. The van der Waals surface area contributed by atoms with Crippen LogP contribution in [0.4, 0.5) is 0 Å². The van der Waals surface area contributed by atoms with Crippen LogP contribution in [0, 0.1) is 0 Å². The molecule has 2 saturated heterocycles. The lowest BCUT2D eigenvalue weighted by atomic mass is 10.1. The van der Waals surface area contributed by atoms with Gasteiger partial charge in [-0.25, -0.2) is 0 Å². The van der Waals surface area contributed by atoms with Crippen LogP contribution in [0.1, 0.15) is 38.7 Å². The number of hydrogen-bond donors (Lipinski definition) is 0. The third-order valence-electron chi connectivity index (χ3n) is 5.72. The summed E-state index contributed by atoms with van der Waals surface area (Å²) >= 11 is 0. The van der Waals surface area contributed by atoms with Crippen molar-refractivity contribution in [3.63, 3.8) is 0 Å². The van der Waals surface area contributed by atoms with E-state index >= 15 is 0 Å². The van der Waals surface area contributed by atoms with Gasteiger partial charge >= 0.3 is 0 Å². The lowest BCUT2D eigenvalue weighted by Crippen LogP contribution is -2.51. The molecule has 0 saturated carbocycles. The molecule has 2 heterocycles. The van der Waals surface area contributed by atoms with E-state index in [0.29, 0.717) is 31.1 Å². The monoisotopic (exact) mass is 429 g/mol. The third-order valence-corrected chi connectivity index (χ3v) is 5.72. The minimum absolute atomic E-state index is 0.0107. The quantitative estimate of drug-likeness (QED) is 0.624. The molecular formula is C24H35N3O4. The first-order valence-electron chi connectivity index (χ1n) is 11.3. The molecule has 3 rings (SSSR count). The van der Waals surface area contributed by atoms with Crippen molar-refractivity contribution in [2.45, 2.75) is 39.2 Å². The van der Waals surface area contributed by atoms with Crippen LogP contribution in [-0.4, -0.2) is 85.5 Å². The molecule has 1 aromatic carbocycles. The molecule has 7 heteroatoms. The molecule has 0 atom stereocenters. The zero-order chi connectivity index (χ0) is 22.2. The highest BCUT2D eigenvalue weighted by molar-refractivity contribution is 5.92. The summed E-state index contributed by atoms with van der Waals surface area (Å²) in [7, 11) is 1.61. The zero-order valence-corrected chi connectivity index (χ0v) is 19.0. The standard InChI is InChI=1S/C24H35N3O4/c1-19(2)31-21-9-7-20(17-22(21)30-3)8-10-23(28)27-15-13-25(14-16-27)18-24(29)26-11-5-4-6-12-26/h7-10,17,19H,4-6,11-16,18H2,1-3H3/b10-8+. The average Bonchev–Trinajstić information content (AvgIpc) is 2.79. The summed E-state index contributed by atoms with van der Waals surface area (Å²) in [4.78, 5) is 31.0. The van der Waals surface area contributed by atoms with Crippen molar-refractivity contribution in [1.29, 1.82) is 0 Å². The molecule has 2 aliphatic rings. The molecule has 0 aromatic heterocycles. The number of ether oxygens (including phenoxy) is 2. The van der Waals surface area contributed by atoms with Gasteiger partial charge in [-0.15, -0.1) is 0 Å². The van der Waals surface area contributed by atoms with Crippen molar-refractivity contribution in [2.75, 3.05) is 52.9 Å². The van der Waals surface area contributed by atoms with E-state index < -0.39 is 0 Å². The molecule has 0 radical (unpaired) electrons. The molecule has 0 unspecified atom stereocenters. The van der Waals surface area contributed by atoms with Crippen LogP contribution < -0.4 is 9.47 Å².